The summed E-state index contributed by atoms with van der Waals surface area (Å²) in [5.74, 6) is 2.66. The number of rotatable bonds is 5. The molecule has 1 atom stereocenters. The van der Waals surface area contributed by atoms with Gasteiger partial charge >= 0.3 is 0 Å². The first-order valence-corrected chi connectivity index (χ1v) is 8.94. The molecular weight excluding hydrogens is 260 g/mol. The molecule has 4 nitrogen and oxygen atoms in total. The van der Waals surface area contributed by atoms with Crippen LogP contribution in [-0.4, -0.2) is 61.6 Å². The van der Waals surface area contributed by atoms with Gasteiger partial charge in [0.05, 0.1) is 0 Å². The van der Waals surface area contributed by atoms with Gasteiger partial charge in [-0.25, -0.2) is 0 Å². The molecule has 1 N–H and O–H groups in total. The van der Waals surface area contributed by atoms with Crippen molar-refractivity contribution >= 4 is 5.96 Å². The lowest BCUT2D eigenvalue weighted by Gasteiger charge is -2.33. The standard InChI is InChI=1S/C17H34N4/c1-4-18-17(21-11-7-15(2)8-12-21)19-13-16(3)14-20-9-5-6-10-20/h15-16H,4-14H2,1-3H3,(H,18,19). The highest BCUT2D eigenvalue weighted by Gasteiger charge is 2.19. The maximum Gasteiger partial charge on any atom is 0.193 e. The van der Waals surface area contributed by atoms with Gasteiger partial charge in [0.2, 0.25) is 0 Å². The van der Waals surface area contributed by atoms with E-state index in [9.17, 15) is 0 Å². The highest BCUT2D eigenvalue weighted by Crippen LogP contribution is 2.16. The fraction of sp³-hybridized carbons (Fsp3) is 0.941. The zero-order valence-corrected chi connectivity index (χ0v) is 14.3. The summed E-state index contributed by atoms with van der Waals surface area (Å²) >= 11 is 0. The van der Waals surface area contributed by atoms with Gasteiger partial charge in [-0.3, -0.25) is 4.99 Å². The maximum absolute atomic E-state index is 4.91. The summed E-state index contributed by atoms with van der Waals surface area (Å²) in [6.07, 6.45) is 5.36. The lowest BCUT2D eigenvalue weighted by Crippen LogP contribution is -2.45. The Hall–Kier alpha value is -0.770. The normalized spacial score (nSPS) is 23.6. The second kappa shape index (κ2) is 8.62. The zero-order valence-electron chi connectivity index (χ0n) is 14.3. The fourth-order valence-corrected chi connectivity index (χ4v) is 3.35. The number of likely N-dealkylation sites (tertiary alicyclic amines) is 2. The molecule has 2 aliphatic heterocycles. The van der Waals surface area contributed by atoms with Crippen molar-refractivity contribution in [3.05, 3.63) is 0 Å². The molecule has 122 valence electrons. The minimum absolute atomic E-state index is 0.653. The summed E-state index contributed by atoms with van der Waals surface area (Å²) in [6, 6.07) is 0. The Bertz CT molecular complexity index is 315. The van der Waals surface area contributed by atoms with E-state index in [0.29, 0.717) is 5.92 Å². The molecule has 2 saturated heterocycles. The minimum atomic E-state index is 0.653. The van der Waals surface area contributed by atoms with Crippen LogP contribution in [0, 0.1) is 11.8 Å². The van der Waals surface area contributed by atoms with Gasteiger partial charge in [-0.05, 0) is 57.5 Å². The van der Waals surface area contributed by atoms with Gasteiger partial charge in [-0.15, -0.1) is 0 Å². The van der Waals surface area contributed by atoms with E-state index in [4.69, 9.17) is 4.99 Å². The predicted octanol–water partition coefficient (Wildman–Crippen LogP) is 2.42. The van der Waals surface area contributed by atoms with Crippen molar-refractivity contribution in [3.8, 4) is 0 Å². The van der Waals surface area contributed by atoms with Crippen molar-refractivity contribution < 1.29 is 0 Å². The van der Waals surface area contributed by atoms with Crippen molar-refractivity contribution in [2.24, 2.45) is 16.8 Å². The Morgan fingerprint density at radius 3 is 2.48 bits per heavy atom. The Morgan fingerprint density at radius 1 is 1.19 bits per heavy atom. The molecular formula is C17H34N4. The summed E-state index contributed by atoms with van der Waals surface area (Å²) in [7, 11) is 0. The predicted molar refractivity (Wildman–Crippen MR) is 90.8 cm³/mol. The van der Waals surface area contributed by atoms with Crippen LogP contribution < -0.4 is 5.32 Å². The number of aliphatic imine (C=N–C) groups is 1. The third-order valence-electron chi connectivity index (χ3n) is 4.74. The average Bonchev–Trinajstić information content (AvgIpc) is 2.97. The van der Waals surface area contributed by atoms with Crippen molar-refractivity contribution in [1.29, 1.82) is 0 Å². The van der Waals surface area contributed by atoms with E-state index in [2.05, 4.69) is 35.9 Å². The SMILES string of the molecule is CCNC(=NCC(C)CN1CCCC1)N1CCC(C)CC1. The maximum atomic E-state index is 4.91. The summed E-state index contributed by atoms with van der Waals surface area (Å²) in [5, 5.41) is 3.48. The molecule has 1 unspecified atom stereocenters. The van der Waals surface area contributed by atoms with E-state index >= 15 is 0 Å². The smallest absolute Gasteiger partial charge is 0.193 e. The molecule has 2 fully saturated rings. The Labute approximate surface area is 131 Å². The highest BCUT2D eigenvalue weighted by atomic mass is 15.3. The molecule has 2 aliphatic rings. The quantitative estimate of drug-likeness (QED) is 0.624. The van der Waals surface area contributed by atoms with Crippen molar-refractivity contribution in [1.82, 2.24) is 15.1 Å². The Morgan fingerprint density at radius 2 is 1.86 bits per heavy atom. The molecule has 2 heterocycles. The fourth-order valence-electron chi connectivity index (χ4n) is 3.35. The topological polar surface area (TPSA) is 30.9 Å². The van der Waals surface area contributed by atoms with Gasteiger partial charge in [0.25, 0.3) is 0 Å². The zero-order chi connectivity index (χ0) is 15.1. The molecule has 4 heteroatoms. The van der Waals surface area contributed by atoms with Crippen LogP contribution >= 0.6 is 0 Å². The van der Waals surface area contributed by atoms with Crippen LogP contribution in [0.25, 0.3) is 0 Å². The third kappa shape index (κ3) is 5.50. The van der Waals surface area contributed by atoms with Crippen molar-refractivity contribution in [3.63, 3.8) is 0 Å². The first-order chi connectivity index (χ1) is 10.2. The number of hydrogen-bond acceptors (Lipinski definition) is 2. The van der Waals surface area contributed by atoms with Gasteiger partial charge in [0, 0.05) is 32.7 Å². The third-order valence-corrected chi connectivity index (χ3v) is 4.74. The van der Waals surface area contributed by atoms with Gasteiger partial charge in [0.15, 0.2) is 5.96 Å². The van der Waals surface area contributed by atoms with Crippen LogP contribution in [0.3, 0.4) is 0 Å². The van der Waals surface area contributed by atoms with Crippen LogP contribution in [0.2, 0.25) is 0 Å². The average molecular weight is 294 g/mol. The summed E-state index contributed by atoms with van der Waals surface area (Å²) < 4.78 is 0. The minimum Gasteiger partial charge on any atom is -0.357 e. The first kappa shape index (κ1) is 16.6. The molecule has 0 aromatic heterocycles. The molecule has 0 spiro atoms. The highest BCUT2D eigenvalue weighted by molar-refractivity contribution is 5.80. The van der Waals surface area contributed by atoms with Crippen LogP contribution in [0.15, 0.2) is 4.99 Å². The number of guanidine groups is 1. The van der Waals surface area contributed by atoms with E-state index in [-0.39, 0.29) is 0 Å². The van der Waals surface area contributed by atoms with Crippen LogP contribution in [-0.2, 0) is 0 Å². The number of hydrogen-bond donors (Lipinski definition) is 1. The van der Waals surface area contributed by atoms with Crippen molar-refractivity contribution in [2.45, 2.75) is 46.5 Å². The van der Waals surface area contributed by atoms with E-state index < -0.39 is 0 Å². The lowest BCUT2D eigenvalue weighted by molar-refractivity contribution is 0.270. The molecule has 0 amide bonds. The van der Waals surface area contributed by atoms with Gasteiger partial charge in [-0.1, -0.05) is 13.8 Å². The number of piperidine rings is 1. The van der Waals surface area contributed by atoms with Crippen LogP contribution in [0.5, 0.6) is 0 Å². The van der Waals surface area contributed by atoms with Gasteiger partial charge in [0.1, 0.15) is 0 Å². The van der Waals surface area contributed by atoms with E-state index in [1.165, 1.54) is 45.3 Å². The molecule has 0 saturated carbocycles. The number of nitrogens with one attached hydrogen (secondary N) is 1. The van der Waals surface area contributed by atoms with E-state index in [0.717, 1.165) is 38.1 Å². The van der Waals surface area contributed by atoms with Crippen LogP contribution in [0.4, 0.5) is 0 Å². The second-order valence-corrected chi connectivity index (χ2v) is 6.98. The first-order valence-electron chi connectivity index (χ1n) is 8.94. The number of nitrogens with zero attached hydrogens (tertiary/aromatic N) is 3. The van der Waals surface area contributed by atoms with Crippen molar-refractivity contribution in [2.75, 3.05) is 45.8 Å². The molecule has 2 rings (SSSR count). The molecule has 21 heavy (non-hydrogen) atoms. The summed E-state index contributed by atoms with van der Waals surface area (Å²) in [4.78, 5) is 9.95. The largest absolute Gasteiger partial charge is 0.357 e. The van der Waals surface area contributed by atoms with E-state index in [1.54, 1.807) is 0 Å². The van der Waals surface area contributed by atoms with Crippen LogP contribution in [0.1, 0.15) is 46.5 Å². The molecule has 0 aliphatic carbocycles. The summed E-state index contributed by atoms with van der Waals surface area (Å²) in [5.41, 5.74) is 0. The van der Waals surface area contributed by atoms with Gasteiger partial charge in [-0.2, -0.15) is 0 Å². The molecule has 0 aromatic rings. The Balaban J connectivity index is 1.81. The lowest BCUT2D eigenvalue weighted by atomic mass is 9.99. The second-order valence-electron chi connectivity index (χ2n) is 6.98. The monoisotopic (exact) mass is 294 g/mol. The van der Waals surface area contributed by atoms with E-state index in [1.807, 2.05) is 0 Å². The van der Waals surface area contributed by atoms with Gasteiger partial charge < -0.3 is 15.1 Å². The molecule has 0 aromatic carbocycles. The molecule has 0 radical (unpaired) electrons. The Kier molecular flexibility index (Phi) is 6.81. The molecule has 0 bridgehead atoms. The summed E-state index contributed by atoms with van der Waals surface area (Å²) in [6.45, 7) is 14.9.